The molecule has 5 nitrogen and oxygen atoms in total. The van der Waals surface area contributed by atoms with Crippen LogP contribution in [0.1, 0.15) is 6.42 Å². The molecule has 0 aliphatic carbocycles. The van der Waals surface area contributed by atoms with Crippen LogP contribution < -0.4 is 0 Å². The zero-order chi connectivity index (χ0) is 13.2. The van der Waals surface area contributed by atoms with Gasteiger partial charge in [-0.05, 0) is 5.92 Å². The molecule has 106 valence electrons. The highest BCUT2D eigenvalue weighted by atomic mass is 79.9. The van der Waals surface area contributed by atoms with Crippen LogP contribution in [0.3, 0.4) is 0 Å². The molecule has 0 saturated carbocycles. The van der Waals surface area contributed by atoms with E-state index in [4.69, 9.17) is 14.2 Å². The van der Waals surface area contributed by atoms with E-state index in [0.717, 1.165) is 11.9 Å². The zero-order valence-electron chi connectivity index (χ0n) is 10.9. The average molecular weight is 324 g/mol. The minimum atomic E-state index is 0.236. The van der Waals surface area contributed by atoms with Crippen LogP contribution in [0.5, 0.6) is 0 Å². The normalized spacial score (nSPS) is 19.8. The van der Waals surface area contributed by atoms with Crippen molar-refractivity contribution in [2.75, 3.05) is 58.6 Å². The number of hydrogen-bond acceptors (Lipinski definition) is 4. The second kappa shape index (κ2) is 9.72. The molecule has 1 atom stereocenters. The summed E-state index contributed by atoms with van der Waals surface area (Å²) < 4.78 is 15.5. The number of carbonyl (C=O) groups is 1. The molecule has 1 unspecified atom stereocenters. The molecule has 1 rings (SSSR count). The van der Waals surface area contributed by atoms with Crippen molar-refractivity contribution in [3.8, 4) is 0 Å². The van der Waals surface area contributed by atoms with Crippen LogP contribution in [0.4, 0.5) is 0 Å². The Balaban J connectivity index is 1.93. The third kappa shape index (κ3) is 6.13. The van der Waals surface area contributed by atoms with E-state index in [1.165, 1.54) is 0 Å². The highest BCUT2D eigenvalue weighted by molar-refractivity contribution is 9.09. The first-order chi connectivity index (χ1) is 8.77. The van der Waals surface area contributed by atoms with Gasteiger partial charge in [-0.1, -0.05) is 15.9 Å². The summed E-state index contributed by atoms with van der Waals surface area (Å²) in [6, 6.07) is 0. The summed E-state index contributed by atoms with van der Waals surface area (Å²) in [4.78, 5) is 13.5. The lowest BCUT2D eigenvalue weighted by Crippen LogP contribution is -2.29. The molecule has 1 heterocycles. The van der Waals surface area contributed by atoms with Crippen molar-refractivity contribution >= 4 is 21.8 Å². The van der Waals surface area contributed by atoms with Gasteiger partial charge in [0, 0.05) is 32.0 Å². The Morgan fingerprint density at radius 2 is 1.89 bits per heavy atom. The predicted octanol–water partition coefficient (Wildman–Crippen LogP) is 0.909. The SMILES string of the molecule is COCCOCCOCCN1CC(CBr)CC1=O. The van der Waals surface area contributed by atoms with Crippen LogP contribution in [0.2, 0.25) is 0 Å². The van der Waals surface area contributed by atoms with Gasteiger partial charge in [0.25, 0.3) is 0 Å². The van der Waals surface area contributed by atoms with E-state index in [1.54, 1.807) is 7.11 Å². The number of carbonyl (C=O) groups excluding carboxylic acids is 1. The summed E-state index contributed by atoms with van der Waals surface area (Å²) in [6.07, 6.45) is 0.658. The fraction of sp³-hybridized carbons (Fsp3) is 0.917. The third-order valence-corrected chi connectivity index (χ3v) is 3.74. The predicted molar refractivity (Wildman–Crippen MR) is 72.0 cm³/mol. The number of ether oxygens (including phenoxy) is 3. The molecule has 1 aliphatic heterocycles. The average Bonchev–Trinajstić information content (AvgIpc) is 2.73. The largest absolute Gasteiger partial charge is 0.382 e. The van der Waals surface area contributed by atoms with Crippen molar-refractivity contribution in [1.82, 2.24) is 4.90 Å². The first kappa shape index (κ1) is 15.9. The van der Waals surface area contributed by atoms with Crippen molar-refractivity contribution in [3.05, 3.63) is 0 Å². The lowest BCUT2D eigenvalue weighted by atomic mass is 10.2. The number of likely N-dealkylation sites (tertiary alicyclic amines) is 1. The van der Waals surface area contributed by atoms with Gasteiger partial charge >= 0.3 is 0 Å². The lowest BCUT2D eigenvalue weighted by Gasteiger charge is -2.16. The lowest BCUT2D eigenvalue weighted by molar-refractivity contribution is -0.128. The summed E-state index contributed by atoms with van der Waals surface area (Å²) in [5.41, 5.74) is 0. The maximum Gasteiger partial charge on any atom is 0.223 e. The second-order valence-corrected chi connectivity index (χ2v) is 4.93. The molecule has 0 radical (unpaired) electrons. The van der Waals surface area contributed by atoms with Crippen LogP contribution in [0, 0.1) is 5.92 Å². The molecular formula is C12H22BrNO4. The van der Waals surface area contributed by atoms with Crippen molar-refractivity contribution in [2.24, 2.45) is 5.92 Å². The molecule has 6 heteroatoms. The Bertz CT molecular complexity index is 240. The highest BCUT2D eigenvalue weighted by Gasteiger charge is 2.28. The second-order valence-electron chi connectivity index (χ2n) is 4.28. The van der Waals surface area contributed by atoms with Crippen LogP contribution in [-0.2, 0) is 19.0 Å². The van der Waals surface area contributed by atoms with E-state index in [2.05, 4.69) is 15.9 Å². The summed E-state index contributed by atoms with van der Waals surface area (Å²) in [6.45, 7) is 4.44. The van der Waals surface area contributed by atoms with Crippen LogP contribution >= 0.6 is 15.9 Å². The number of hydrogen-bond donors (Lipinski definition) is 0. The summed E-state index contributed by atoms with van der Waals surface area (Å²) in [5, 5.41) is 0.892. The summed E-state index contributed by atoms with van der Waals surface area (Å²) in [7, 11) is 1.65. The van der Waals surface area contributed by atoms with Gasteiger partial charge in [0.15, 0.2) is 0 Å². The Labute approximate surface area is 117 Å². The first-order valence-electron chi connectivity index (χ1n) is 6.26. The Morgan fingerprint density at radius 1 is 1.22 bits per heavy atom. The molecule has 0 spiro atoms. The van der Waals surface area contributed by atoms with Gasteiger partial charge < -0.3 is 19.1 Å². The minimum absolute atomic E-state index is 0.236. The number of methoxy groups -OCH3 is 1. The van der Waals surface area contributed by atoms with Gasteiger partial charge in [-0.25, -0.2) is 0 Å². The Hall–Kier alpha value is -0.170. The number of rotatable bonds is 10. The molecule has 1 fully saturated rings. The van der Waals surface area contributed by atoms with Gasteiger partial charge in [0.1, 0.15) is 0 Å². The molecule has 18 heavy (non-hydrogen) atoms. The maximum atomic E-state index is 11.6. The van der Waals surface area contributed by atoms with E-state index in [0.29, 0.717) is 51.9 Å². The van der Waals surface area contributed by atoms with Crippen molar-refractivity contribution < 1.29 is 19.0 Å². The third-order valence-electron chi connectivity index (χ3n) is 2.82. The molecule has 0 aromatic heterocycles. The first-order valence-corrected chi connectivity index (χ1v) is 7.38. The van der Waals surface area contributed by atoms with E-state index < -0.39 is 0 Å². The summed E-state index contributed by atoms with van der Waals surface area (Å²) in [5.74, 6) is 0.689. The van der Waals surface area contributed by atoms with Crippen LogP contribution in [-0.4, -0.2) is 69.4 Å². The van der Waals surface area contributed by atoms with Crippen molar-refractivity contribution in [2.45, 2.75) is 6.42 Å². The topological polar surface area (TPSA) is 48.0 Å². The number of amides is 1. The molecule has 1 amide bonds. The molecule has 0 bridgehead atoms. The Kier molecular flexibility index (Phi) is 8.58. The van der Waals surface area contributed by atoms with E-state index in [1.807, 2.05) is 4.90 Å². The van der Waals surface area contributed by atoms with Crippen LogP contribution in [0.25, 0.3) is 0 Å². The van der Waals surface area contributed by atoms with Gasteiger partial charge in [-0.15, -0.1) is 0 Å². The smallest absolute Gasteiger partial charge is 0.223 e. The fourth-order valence-corrected chi connectivity index (χ4v) is 2.25. The number of nitrogens with zero attached hydrogens (tertiary/aromatic N) is 1. The fourth-order valence-electron chi connectivity index (χ4n) is 1.81. The maximum absolute atomic E-state index is 11.6. The minimum Gasteiger partial charge on any atom is -0.382 e. The molecule has 1 saturated heterocycles. The quantitative estimate of drug-likeness (QED) is 0.443. The van der Waals surface area contributed by atoms with Gasteiger partial charge in [-0.2, -0.15) is 0 Å². The molecule has 0 N–H and O–H groups in total. The van der Waals surface area contributed by atoms with Gasteiger partial charge in [0.05, 0.1) is 33.0 Å². The molecule has 0 aromatic rings. The van der Waals surface area contributed by atoms with E-state index in [-0.39, 0.29) is 5.91 Å². The van der Waals surface area contributed by atoms with E-state index in [9.17, 15) is 4.79 Å². The highest BCUT2D eigenvalue weighted by Crippen LogP contribution is 2.18. The molecular weight excluding hydrogens is 302 g/mol. The van der Waals surface area contributed by atoms with Crippen molar-refractivity contribution in [1.29, 1.82) is 0 Å². The number of halogens is 1. The number of alkyl halides is 1. The Morgan fingerprint density at radius 3 is 2.50 bits per heavy atom. The molecule has 0 aromatic carbocycles. The summed E-state index contributed by atoms with van der Waals surface area (Å²) >= 11 is 3.42. The van der Waals surface area contributed by atoms with Crippen LogP contribution in [0.15, 0.2) is 0 Å². The van der Waals surface area contributed by atoms with Crippen molar-refractivity contribution in [3.63, 3.8) is 0 Å². The van der Waals surface area contributed by atoms with Gasteiger partial charge in [-0.3, -0.25) is 4.79 Å². The van der Waals surface area contributed by atoms with E-state index >= 15 is 0 Å². The monoisotopic (exact) mass is 323 g/mol. The molecule has 1 aliphatic rings. The zero-order valence-corrected chi connectivity index (χ0v) is 12.5. The standard InChI is InChI=1S/C12H22BrNO4/c1-16-4-5-18-7-6-17-3-2-14-10-11(9-13)8-12(14)15/h11H,2-10H2,1H3. The van der Waals surface area contributed by atoms with Gasteiger partial charge in [0.2, 0.25) is 5.91 Å².